The lowest BCUT2D eigenvalue weighted by atomic mass is 10.2. The van der Waals surface area contributed by atoms with E-state index in [0.29, 0.717) is 25.0 Å². The molecule has 1 saturated heterocycles. The van der Waals surface area contributed by atoms with Crippen molar-refractivity contribution in [2.75, 3.05) is 6.54 Å². The lowest BCUT2D eigenvalue weighted by molar-refractivity contribution is -0.138. The third kappa shape index (κ3) is 3.55. The fourth-order valence-electron chi connectivity index (χ4n) is 3.10. The molecule has 2 aromatic heterocycles. The van der Waals surface area contributed by atoms with Crippen LogP contribution < -0.4 is 5.32 Å². The van der Waals surface area contributed by atoms with Gasteiger partial charge in [0.2, 0.25) is 11.8 Å². The Kier molecular flexibility index (Phi) is 4.78. The van der Waals surface area contributed by atoms with Crippen LogP contribution in [0.1, 0.15) is 38.9 Å². The van der Waals surface area contributed by atoms with Crippen molar-refractivity contribution in [1.29, 1.82) is 0 Å². The van der Waals surface area contributed by atoms with Gasteiger partial charge in [-0.2, -0.15) is 0 Å². The highest BCUT2D eigenvalue weighted by molar-refractivity contribution is 5.88. The zero-order valence-electron chi connectivity index (χ0n) is 14.1. The van der Waals surface area contributed by atoms with Crippen molar-refractivity contribution in [3.05, 3.63) is 24.2 Å². The first kappa shape index (κ1) is 16.4. The molecule has 0 aliphatic carbocycles. The van der Waals surface area contributed by atoms with Crippen molar-refractivity contribution in [1.82, 2.24) is 25.2 Å². The van der Waals surface area contributed by atoms with Gasteiger partial charge in [-0.25, -0.2) is 9.97 Å². The second-order valence-corrected chi connectivity index (χ2v) is 6.47. The van der Waals surface area contributed by atoms with Gasteiger partial charge in [0.1, 0.15) is 11.9 Å². The molecule has 0 aromatic carbocycles. The van der Waals surface area contributed by atoms with Crippen LogP contribution >= 0.6 is 0 Å². The van der Waals surface area contributed by atoms with Gasteiger partial charge in [0.25, 0.3) is 0 Å². The van der Waals surface area contributed by atoms with Crippen molar-refractivity contribution in [3.63, 3.8) is 0 Å². The number of hydrogen-bond acceptors (Lipinski definition) is 4. The molecule has 1 aliphatic rings. The molecule has 0 radical (unpaired) electrons. The van der Waals surface area contributed by atoms with Crippen molar-refractivity contribution < 1.29 is 9.59 Å². The van der Waals surface area contributed by atoms with E-state index in [0.717, 1.165) is 24.2 Å². The second-order valence-electron chi connectivity index (χ2n) is 6.47. The van der Waals surface area contributed by atoms with E-state index < -0.39 is 0 Å². The average molecular weight is 329 g/mol. The Labute approximate surface area is 140 Å². The molecular formula is C17H23N5O2. The molecule has 3 heterocycles. The number of pyridine rings is 1. The van der Waals surface area contributed by atoms with Crippen molar-refractivity contribution in [3.8, 4) is 0 Å². The Balaban J connectivity index is 1.60. The maximum Gasteiger partial charge on any atom is 0.243 e. The number of nitrogens with one attached hydrogen (secondary N) is 2. The highest BCUT2D eigenvalue weighted by atomic mass is 16.2. The SMILES string of the molecule is CC(C)NC(=O)[C@H]1CCCN1C(=O)CCc1nc2ncccc2[nH]1. The van der Waals surface area contributed by atoms with Crippen molar-refractivity contribution in [2.45, 2.75) is 51.6 Å². The summed E-state index contributed by atoms with van der Waals surface area (Å²) in [6.45, 7) is 4.50. The van der Waals surface area contributed by atoms with E-state index in [1.165, 1.54) is 0 Å². The van der Waals surface area contributed by atoms with Gasteiger partial charge in [-0.05, 0) is 38.8 Å². The molecule has 2 amide bonds. The lowest BCUT2D eigenvalue weighted by Crippen LogP contribution is -2.47. The molecule has 1 aliphatic heterocycles. The Morgan fingerprint density at radius 1 is 1.46 bits per heavy atom. The van der Waals surface area contributed by atoms with Gasteiger partial charge in [0.15, 0.2) is 5.65 Å². The van der Waals surface area contributed by atoms with Crippen LogP contribution in [0.15, 0.2) is 18.3 Å². The normalized spacial score (nSPS) is 17.6. The highest BCUT2D eigenvalue weighted by Gasteiger charge is 2.33. The molecule has 0 unspecified atom stereocenters. The van der Waals surface area contributed by atoms with E-state index in [1.54, 1.807) is 11.1 Å². The lowest BCUT2D eigenvalue weighted by Gasteiger charge is -2.24. The first-order valence-electron chi connectivity index (χ1n) is 8.44. The number of aromatic nitrogens is 3. The molecule has 2 aromatic rings. The third-order valence-electron chi connectivity index (χ3n) is 4.19. The van der Waals surface area contributed by atoms with Gasteiger partial charge in [-0.15, -0.1) is 0 Å². The number of carbonyl (C=O) groups is 2. The average Bonchev–Trinajstić information content (AvgIpc) is 3.18. The molecule has 128 valence electrons. The molecule has 3 rings (SSSR count). The van der Waals surface area contributed by atoms with Crippen LogP contribution in [0.5, 0.6) is 0 Å². The van der Waals surface area contributed by atoms with Crippen molar-refractivity contribution in [2.24, 2.45) is 0 Å². The molecule has 1 fully saturated rings. The molecule has 1 atom stereocenters. The first-order chi connectivity index (χ1) is 11.5. The zero-order chi connectivity index (χ0) is 17.1. The summed E-state index contributed by atoms with van der Waals surface area (Å²) in [4.78, 5) is 38.2. The Bertz CT molecular complexity index is 706. The van der Waals surface area contributed by atoms with Crippen LogP contribution in [0.25, 0.3) is 11.2 Å². The highest BCUT2D eigenvalue weighted by Crippen LogP contribution is 2.19. The number of aryl methyl sites for hydroxylation is 1. The molecular weight excluding hydrogens is 306 g/mol. The number of aromatic amines is 1. The Morgan fingerprint density at radius 2 is 2.29 bits per heavy atom. The van der Waals surface area contributed by atoms with Crippen LogP contribution in [-0.4, -0.2) is 50.3 Å². The van der Waals surface area contributed by atoms with E-state index in [1.807, 2.05) is 26.0 Å². The van der Waals surface area contributed by atoms with Crippen LogP contribution in [0.4, 0.5) is 0 Å². The summed E-state index contributed by atoms with van der Waals surface area (Å²) in [5.74, 6) is 0.702. The number of nitrogens with zero attached hydrogens (tertiary/aromatic N) is 3. The topological polar surface area (TPSA) is 91.0 Å². The Hall–Kier alpha value is -2.44. The number of imidazole rings is 1. The van der Waals surface area contributed by atoms with E-state index in [9.17, 15) is 9.59 Å². The smallest absolute Gasteiger partial charge is 0.243 e. The maximum atomic E-state index is 12.5. The summed E-state index contributed by atoms with van der Waals surface area (Å²) >= 11 is 0. The van der Waals surface area contributed by atoms with Crippen LogP contribution in [-0.2, 0) is 16.0 Å². The summed E-state index contributed by atoms with van der Waals surface area (Å²) in [5.41, 5.74) is 1.53. The van der Waals surface area contributed by atoms with Gasteiger partial charge in [0, 0.05) is 31.6 Å². The van der Waals surface area contributed by atoms with Crippen LogP contribution in [0, 0.1) is 0 Å². The predicted octanol–water partition coefficient (Wildman–Crippen LogP) is 1.41. The molecule has 7 heteroatoms. The standard InChI is InChI=1S/C17H23N5O2/c1-11(2)19-17(24)13-6-4-10-22(13)15(23)8-7-14-20-12-5-3-9-18-16(12)21-14/h3,5,9,11,13H,4,6-8,10H2,1-2H3,(H,19,24)(H,18,20,21)/t13-/m1/s1. The minimum atomic E-state index is -0.336. The number of fused-ring (bicyclic) bond motifs is 1. The fourth-order valence-corrected chi connectivity index (χ4v) is 3.10. The van der Waals surface area contributed by atoms with E-state index >= 15 is 0 Å². The molecule has 0 saturated carbocycles. The summed E-state index contributed by atoms with van der Waals surface area (Å²) in [6.07, 6.45) is 4.16. The third-order valence-corrected chi connectivity index (χ3v) is 4.19. The summed E-state index contributed by atoms with van der Waals surface area (Å²) < 4.78 is 0. The van der Waals surface area contributed by atoms with Gasteiger partial charge in [-0.1, -0.05) is 0 Å². The molecule has 7 nitrogen and oxygen atoms in total. The fraction of sp³-hybridized carbons (Fsp3) is 0.529. The van der Waals surface area contributed by atoms with E-state index in [2.05, 4.69) is 20.3 Å². The number of rotatable bonds is 5. The van der Waals surface area contributed by atoms with E-state index in [4.69, 9.17) is 0 Å². The van der Waals surface area contributed by atoms with Crippen molar-refractivity contribution >= 4 is 23.0 Å². The monoisotopic (exact) mass is 329 g/mol. The maximum absolute atomic E-state index is 12.5. The number of amides is 2. The number of carbonyl (C=O) groups excluding carboxylic acids is 2. The summed E-state index contributed by atoms with van der Waals surface area (Å²) in [6, 6.07) is 3.50. The summed E-state index contributed by atoms with van der Waals surface area (Å²) in [7, 11) is 0. The minimum Gasteiger partial charge on any atom is -0.352 e. The largest absolute Gasteiger partial charge is 0.352 e. The number of likely N-dealkylation sites (tertiary alicyclic amines) is 1. The Morgan fingerprint density at radius 3 is 3.04 bits per heavy atom. The first-order valence-corrected chi connectivity index (χ1v) is 8.44. The second kappa shape index (κ2) is 6.98. The van der Waals surface area contributed by atoms with Gasteiger partial charge >= 0.3 is 0 Å². The minimum absolute atomic E-state index is 0.00446. The quantitative estimate of drug-likeness (QED) is 0.867. The molecule has 2 N–H and O–H groups in total. The van der Waals surface area contributed by atoms with Crippen LogP contribution in [0.3, 0.4) is 0 Å². The zero-order valence-corrected chi connectivity index (χ0v) is 14.1. The van der Waals surface area contributed by atoms with Gasteiger partial charge in [-0.3, -0.25) is 9.59 Å². The van der Waals surface area contributed by atoms with E-state index in [-0.39, 0.29) is 23.9 Å². The summed E-state index contributed by atoms with van der Waals surface area (Å²) in [5, 5.41) is 2.90. The molecule has 24 heavy (non-hydrogen) atoms. The van der Waals surface area contributed by atoms with Gasteiger partial charge in [0.05, 0.1) is 5.52 Å². The van der Waals surface area contributed by atoms with Gasteiger partial charge < -0.3 is 15.2 Å². The number of hydrogen-bond donors (Lipinski definition) is 2. The predicted molar refractivity (Wildman–Crippen MR) is 90.2 cm³/mol. The molecule has 0 bridgehead atoms. The number of H-pyrrole nitrogens is 1. The molecule has 0 spiro atoms. The van der Waals surface area contributed by atoms with Crippen LogP contribution in [0.2, 0.25) is 0 Å².